The molecule has 1 heterocycles. The second-order valence-corrected chi connectivity index (χ2v) is 3.51. The van der Waals surface area contributed by atoms with Gasteiger partial charge in [0, 0.05) is 18.5 Å². The van der Waals surface area contributed by atoms with Gasteiger partial charge in [0.05, 0.1) is 0 Å². The molecular formula is C9H13F2N5O. The van der Waals surface area contributed by atoms with E-state index in [1.54, 1.807) is 6.92 Å². The summed E-state index contributed by atoms with van der Waals surface area (Å²) in [6.07, 6.45) is 0.00385. The number of hydrogen-bond donors (Lipinski definition) is 4. The van der Waals surface area contributed by atoms with Gasteiger partial charge in [-0.3, -0.25) is 4.79 Å². The molecule has 6 nitrogen and oxygen atoms in total. The summed E-state index contributed by atoms with van der Waals surface area (Å²) in [5, 5.41) is 2.59. The number of rotatable bonds is 5. The standard InChI is InChI=1S/C9H13F2N5O/c1-4(2-7(12)17)14-8-5(10)3-6(11)9(15-8)16-13/h3-4H,2,13H2,1H3,(H2,12,17)(H2,14,15,16). The van der Waals surface area contributed by atoms with E-state index in [1.165, 1.54) is 0 Å². The van der Waals surface area contributed by atoms with Crippen LogP contribution in [-0.4, -0.2) is 16.9 Å². The quantitative estimate of drug-likeness (QED) is 0.441. The maximum atomic E-state index is 13.3. The molecule has 0 aliphatic carbocycles. The van der Waals surface area contributed by atoms with E-state index in [4.69, 9.17) is 11.6 Å². The largest absolute Gasteiger partial charge is 0.370 e. The van der Waals surface area contributed by atoms with Gasteiger partial charge in [0.1, 0.15) is 0 Å². The molecule has 0 spiro atoms. The van der Waals surface area contributed by atoms with E-state index < -0.39 is 23.6 Å². The molecular weight excluding hydrogens is 232 g/mol. The third-order valence-electron chi connectivity index (χ3n) is 1.96. The Labute approximate surface area is 96.4 Å². The van der Waals surface area contributed by atoms with Crippen molar-refractivity contribution in [3.05, 3.63) is 17.7 Å². The minimum Gasteiger partial charge on any atom is -0.370 e. The van der Waals surface area contributed by atoms with Gasteiger partial charge in [-0.05, 0) is 6.92 Å². The maximum absolute atomic E-state index is 13.3. The number of amides is 1. The lowest BCUT2D eigenvalue weighted by Crippen LogP contribution is -2.25. The summed E-state index contributed by atoms with van der Waals surface area (Å²) in [6.45, 7) is 1.62. The summed E-state index contributed by atoms with van der Waals surface area (Å²) in [5.41, 5.74) is 6.97. The summed E-state index contributed by atoms with van der Waals surface area (Å²) in [7, 11) is 0. The van der Waals surface area contributed by atoms with Gasteiger partial charge in [-0.25, -0.2) is 19.6 Å². The Kier molecular flexibility index (Phi) is 4.16. The Morgan fingerprint density at radius 1 is 1.47 bits per heavy atom. The molecule has 0 fully saturated rings. The zero-order valence-corrected chi connectivity index (χ0v) is 9.13. The van der Waals surface area contributed by atoms with Crippen LogP contribution in [0.4, 0.5) is 20.4 Å². The number of nitrogens with two attached hydrogens (primary N) is 2. The molecule has 1 atom stereocenters. The van der Waals surface area contributed by atoms with Gasteiger partial charge in [-0.1, -0.05) is 0 Å². The van der Waals surface area contributed by atoms with Crippen molar-refractivity contribution in [2.75, 3.05) is 10.7 Å². The van der Waals surface area contributed by atoms with Crippen LogP contribution in [0.15, 0.2) is 6.07 Å². The Morgan fingerprint density at radius 3 is 2.59 bits per heavy atom. The molecule has 0 saturated carbocycles. The minimum atomic E-state index is -0.905. The minimum absolute atomic E-state index is 0.00385. The van der Waals surface area contributed by atoms with Gasteiger partial charge >= 0.3 is 0 Å². The van der Waals surface area contributed by atoms with Crippen LogP contribution in [0, 0.1) is 11.6 Å². The third-order valence-corrected chi connectivity index (χ3v) is 1.96. The average Bonchev–Trinajstić information content (AvgIpc) is 2.20. The number of nitrogen functional groups attached to an aromatic ring is 1. The van der Waals surface area contributed by atoms with Crippen molar-refractivity contribution < 1.29 is 13.6 Å². The van der Waals surface area contributed by atoms with Crippen LogP contribution in [0.2, 0.25) is 0 Å². The van der Waals surface area contributed by atoms with Crippen molar-refractivity contribution in [2.45, 2.75) is 19.4 Å². The molecule has 1 amide bonds. The van der Waals surface area contributed by atoms with Gasteiger partial charge in [0.2, 0.25) is 5.91 Å². The van der Waals surface area contributed by atoms with E-state index in [0.717, 1.165) is 0 Å². The van der Waals surface area contributed by atoms with Crippen LogP contribution < -0.4 is 22.3 Å². The SMILES string of the molecule is CC(CC(N)=O)Nc1nc(NN)c(F)cc1F. The van der Waals surface area contributed by atoms with Crippen LogP contribution in [0.1, 0.15) is 13.3 Å². The first kappa shape index (κ1) is 13.1. The first-order chi connectivity index (χ1) is 7.93. The summed E-state index contributed by atoms with van der Waals surface area (Å²) in [6, 6.07) is 0.215. The van der Waals surface area contributed by atoms with Gasteiger partial charge in [0.15, 0.2) is 23.3 Å². The monoisotopic (exact) mass is 245 g/mol. The first-order valence-electron chi connectivity index (χ1n) is 4.81. The van der Waals surface area contributed by atoms with Gasteiger partial charge in [-0.15, -0.1) is 0 Å². The normalized spacial score (nSPS) is 12.0. The third kappa shape index (κ3) is 3.52. The van der Waals surface area contributed by atoms with E-state index in [0.29, 0.717) is 6.07 Å². The fraction of sp³-hybridized carbons (Fsp3) is 0.333. The number of hydrazine groups is 1. The molecule has 1 unspecified atom stereocenters. The number of pyridine rings is 1. The number of hydrogen-bond acceptors (Lipinski definition) is 5. The lowest BCUT2D eigenvalue weighted by atomic mass is 10.2. The Balaban J connectivity index is 2.87. The highest BCUT2D eigenvalue weighted by Crippen LogP contribution is 2.19. The molecule has 17 heavy (non-hydrogen) atoms. The number of halogens is 2. The molecule has 94 valence electrons. The number of nitrogens with zero attached hydrogens (tertiary/aromatic N) is 1. The second-order valence-electron chi connectivity index (χ2n) is 3.51. The number of carbonyl (C=O) groups is 1. The van der Waals surface area contributed by atoms with Crippen LogP contribution in [0.25, 0.3) is 0 Å². The van der Waals surface area contributed by atoms with Crippen LogP contribution in [0.3, 0.4) is 0 Å². The van der Waals surface area contributed by atoms with Crippen molar-refractivity contribution in [3.63, 3.8) is 0 Å². The van der Waals surface area contributed by atoms with Crippen LogP contribution in [0.5, 0.6) is 0 Å². The van der Waals surface area contributed by atoms with Crippen molar-refractivity contribution in [1.82, 2.24) is 4.98 Å². The average molecular weight is 245 g/mol. The highest BCUT2D eigenvalue weighted by atomic mass is 19.1. The number of nitrogens with one attached hydrogen (secondary N) is 2. The number of carbonyl (C=O) groups excluding carboxylic acids is 1. The van der Waals surface area contributed by atoms with Crippen molar-refractivity contribution in [2.24, 2.45) is 11.6 Å². The Morgan fingerprint density at radius 2 is 2.06 bits per heavy atom. The molecule has 1 aromatic heterocycles. The number of primary amides is 1. The topological polar surface area (TPSA) is 106 Å². The van der Waals surface area contributed by atoms with Crippen molar-refractivity contribution >= 4 is 17.5 Å². The number of anilines is 2. The summed E-state index contributed by atoms with van der Waals surface area (Å²) in [5.74, 6) is 2.19. The van der Waals surface area contributed by atoms with E-state index in [9.17, 15) is 13.6 Å². The zero-order chi connectivity index (χ0) is 13.0. The lowest BCUT2D eigenvalue weighted by Gasteiger charge is -2.14. The fourth-order valence-corrected chi connectivity index (χ4v) is 1.26. The molecule has 0 saturated heterocycles. The molecule has 0 aliphatic heterocycles. The smallest absolute Gasteiger partial charge is 0.219 e. The van der Waals surface area contributed by atoms with E-state index in [2.05, 4.69) is 10.3 Å². The first-order valence-corrected chi connectivity index (χ1v) is 4.81. The molecule has 1 rings (SSSR count). The van der Waals surface area contributed by atoms with E-state index in [-0.39, 0.29) is 18.1 Å². The van der Waals surface area contributed by atoms with Gasteiger partial charge < -0.3 is 16.5 Å². The predicted molar refractivity (Wildman–Crippen MR) is 58.9 cm³/mol. The molecule has 0 bridgehead atoms. The van der Waals surface area contributed by atoms with E-state index in [1.807, 2.05) is 5.43 Å². The van der Waals surface area contributed by atoms with Crippen LogP contribution in [-0.2, 0) is 4.79 Å². The van der Waals surface area contributed by atoms with E-state index >= 15 is 0 Å². The van der Waals surface area contributed by atoms with Gasteiger partial charge in [-0.2, -0.15) is 0 Å². The Hall–Kier alpha value is -1.96. The lowest BCUT2D eigenvalue weighted by molar-refractivity contribution is -0.118. The molecule has 0 aromatic carbocycles. The van der Waals surface area contributed by atoms with Crippen molar-refractivity contribution in [3.8, 4) is 0 Å². The maximum Gasteiger partial charge on any atom is 0.219 e. The highest BCUT2D eigenvalue weighted by molar-refractivity contribution is 5.74. The molecule has 6 N–H and O–H groups in total. The molecule has 0 aliphatic rings. The summed E-state index contributed by atoms with van der Waals surface area (Å²) in [4.78, 5) is 14.2. The predicted octanol–water partition coefficient (Wildman–Crippen LogP) is 0.321. The number of aromatic nitrogens is 1. The molecule has 0 radical (unpaired) electrons. The van der Waals surface area contributed by atoms with Crippen molar-refractivity contribution in [1.29, 1.82) is 0 Å². The van der Waals surface area contributed by atoms with Crippen LogP contribution >= 0.6 is 0 Å². The fourth-order valence-electron chi connectivity index (χ4n) is 1.26. The summed E-state index contributed by atoms with van der Waals surface area (Å²) < 4.78 is 26.3. The second kappa shape index (κ2) is 5.39. The highest BCUT2D eigenvalue weighted by Gasteiger charge is 2.14. The molecule has 1 aromatic rings. The molecule has 8 heteroatoms. The zero-order valence-electron chi connectivity index (χ0n) is 9.13. The Bertz CT molecular complexity index is 426. The van der Waals surface area contributed by atoms with Gasteiger partial charge in [0.25, 0.3) is 0 Å². The summed E-state index contributed by atoms with van der Waals surface area (Å²) >= 11 is 0.